The quantitative estimate of drug-likeness (QED) is 0.844. The van der Waals surface area contributed by atoms with Crippen LogP contribution < -0.4 is 5.73 Å². The molecule has 4 heteroatoms. The molecule has 15 heavy (non-hydrogen) atoms. The predicted octanol–water partition coefficient (Wildman–Crippen LogP) is 2.66. The number of nitrogens with zero attached hydrogens (tertiary/aromatic N) is 2. The maximum Gasteiger partial charge on any atom is 0.203 e. The van der Waals surface area contributed by atoms with E-state index in [0.29, 0.717) is 5.13 Å². The standard InChI is InChI=1S/C11H13N3S/c1-3-8-5-4-7(2)9(6-8)10-13-14-11(12)15-10/h4-6H,3H2,1-2H3,(H2,12,14). The third-order valence-electron chi connectivity index (χ3n) is 2.38. The number of nitrogens with two attached hydrogens (primary N) is 1. The summed E-state index contributed by atoms with van der Waals surface area (Å²) in [6, 6.07) is 6.42. The molecule has 0 spiro atoms. The van der Waals surface area contributed by atoms with E-state index in [1.54, 1.807) is 0 Å². The monoisotopic (exact) mass is 219 g/mol. The molecule has 3 nitrogen and oxygen atoms in total. The summed E-state index contributed by atoms with van der Waals surface area (Å²) in [5.74, 6) is 0. The second-order valence-electron chi connectivity index (χ2n) is 3.45. The molecule has 0 aliphatic carbocycles. The van der Waals surface area contributed by atoms with Crippen molar-refractivity contribution in [1.82, 2.24) is 10.2 Å². The molecular formula is C11H13N3S. The van der Waals surface area contributed by atoms with E-state index in [1.165, 1.54) is 22.5 Å². The smallest absolute Gasteiger partial charge is 0.203 e. The molecule has 0 aliphatic heterocycles. The Kier molecular flexibility index (Phi) is 2.68. The van der Waals surface area contributed by atoms with E-state index in [0.717, 1.165) is 17.0 Å². The van der Waals surface area contributed by atoms with E-state index in [4.69, 9.17) is 5.73 Å². The van der Waals surface area contributed by atoms with Crippen LogP contribution in [0.1, 0.15) is 18.1 Å². The molecule has 0 radical (unpaired) electrons. The summed E-state index contributed by atoms with van der Waals surface area (Å²) in [5, 5.41) is 9.32. The van der Waals surface area contributed by atoms with E-state index >= 15 is 0 Å². The zero-order valence-corrected chi connectivity index (χ0v) is 9.64. The Morgan fingerprint density at radius 1 is 1.33 bits per heavy atom. The summed E-state index contributed by atoms with van der Waals surface area (Å²) < 4.78 is 0. The third kappa shape index (κ3) is 1.99. The Balaban J connectivity index is 2.51. The van der Waals surface area contributed by atoms with Gasteiger partial charge in [0.15, 0.2) is 0 Å². The second kappa shape index (κ2) is 3.98. The molecule has 1 aromatic heterocycles. The van der Waals surface area contributed by atoms with Gasteiger partial charge in [0.25, 0.3) is 0 Å². The van der Waals surface area contributed by atoms with Gasteiger partial charge >= 0.3 is 0 Å². The molecule has 78 valence electrons. The minimum absolute atomic E-state index is 0.520. The number of hydrogen-bond donors (Lipinski definition) is 1. The van der Waals surface area contributed by atoms with Gasteiger partial charge in [0.2, 0.25) is 5.13 Å². The molecule has 0 atom stereocenters. The summed E-state index contributed by atoms with van der Waals surface area (Å²) in [5.41, 5.74) is 9.24. The normalized spacial score (nSPS) is 10.5. The van der Waals surface area contributed by atoms with Crippen LogP contribution in [-0.2, 0) is 6.42 Å². The van der Waals surface area contributed by atoms with Crippen molar-refractivity contribution < 1.29 is 0 Å². The average Bonchev–Trinajstić information content (AvgIpc) is 2.65. The van der Waals surface area contributed by atoms with Crippen molar-refractivity contribution in [1.29, 1.82) is 0 Å². The van der Waals surface area contributed by atoms with Gasteiger partial charge in [0, 0.05) is 5.56 Å². The fourth-order valence-electron chi connectivity index (χ4n) is 1.46. The molecule has 2 aromatic rings. The third-order valence-corrected chi connectivity index (χ3v) is 3.17. The highest BCUT2D eigenvalue weighted by Crippen LogP contribution is 2.28. The summed E-state index contributed by atoms with van der Waals surface area (Å²) in [4.78, 5) is 0. The molecule has 0 aliphatic rings. The van der Waals surface area contributed by atoms with Crippen molar-refractivity contribution in [2.45, 2.75) is 20.3 Å². The highest BCUT2D eigenvalue weighted by Gasteiger charge is 2.07. The molecule has 0 bridgehead atoms. The van der Waals surface area contributed by atoms with E-state index in [2.05, 4.69) is 42.2 Å². The number of aryl methyl sites for hydroxylation is 2. The number of rotatable bonds is 2. The van der Waals surface area contributed by atoms with E-state index in [-0.39, 0.29) is 0 Å². The minimum Gasteiger partial charge on any atom is -0.374 e. The van der Waals surface area contributed by atoms with E-state index < -0.39 is 0 Å². The highest BCUT2D eigenvalue weighted by atomic mass is 32.1. The first-order valence-electron chi connectivity index (χ1n) is 4.89. The lowest BCUT2D eigenvalue weighted by Crippen LogP contribution is -1.86. The zero-order chi connectivity index (χ0) is 10.8. The molecule has 1 heterocycles. The molecular weight excluding hydrogens is 206 g/mol. The molecule has 0 unspecified atom stereocenters. The number of nitrogen functional groups attached to an aromatic ring is 1. The predicted molar refractivity (Wildman–Crippen MR) is 63.9 cm³/mol. The first kappa shape index (κ1) is 10.1. The number of anilines is 1. The van der Waals surface area contributed by atoms with Crippen molar-refractivity contribution >= 4 is 16.5 Å². The van der Waals surface area contributed by atoms with Crippen LogP contribution in [0.25, 0.3) is 10.6 Å². The van der Waals surface area contributed by atoms with Crippen molar-refractivity contribution in [3.63, 3.8) is 0 Å². The maximum atomic E-state index is 5.58. The Labute approximate surface area is 93.0 Å². The van der Waals surface area contributed by atoms with Gasteiger partial charge in [-0.3, -0.25) is 0 Å². The van der Waals surface area contributed by atoms with Crippen LogP contribution in [0.5, 0.6) is 0 Å². The molecule has 0 saturated carbocycles. The molecule has 0 fully saturated rings. The van der Waals surface area contributed by atoms with E-state index in [1.807, 2.05) is 0 Å². The molecule has 1 aromatic carbocycles. The fourth-order valence-corrected chi connectivity index (χ4v) is 2.15. The van der Waals surface area contributed by atoms with Gasteiger partial charge in [0.1, 0.15) is 5.01 Å². The van der Waals surface area contributed by atoms with Gasteiger partial charge in [-0.1, -0.05) is 30.4 Å². The van der Waals surface area contributed by atoms with Gasteiger partial charge in [-0.25, -0.2) is 0 Å². The first-order chi connectivity index (χ1) is 7.20. The fraction of sp³-hybridized carbons (Fsp3) is 0.273. The summed E-state index contributed by atoms with van der Waals surface area (Å²) in [6.07, 6.45) is 1.03. The summed E-state index contributed by atoms with van der Waals surface area (Å²) in [7, 11) is 0. The summed E-state index contributed by atoms with van der Waals surface area (Å²) in [6.45, 7) is 4.22. The lowest BCUT2D eigenvalue weighted by molar-refractivity contribution is 1.09. The minimum atomic E-state index is 0.520. The van der Waals surface area contributed by atoms with Crippen LogP contribution in [0, 0.1) is 6.92 Å². The van der Waals surface area contributed by atoms with E-state index in [9.17, 15) is 0 Å². The molecule has 2 N–H and O–H groups in total. The first-order valence-corrected chi connectivity index (χ1v) is 5.71. The van der Waals surface area contributed by atoms with Crippen molar-refractivity contribution in [3.8, 4) is 10.6 Å². The highest BCUT2D eigenvalue weighted by molar-refractivity contribution is 7.18. The topological polar surface area (TPSA) is 51.8 Å². The van der Waals surface area contributed by atoms with Gasteiger partial charge in [-0.15, -0.1) is 10.2 Å². The number of aromatic nitrogens is 2. The van der Waals surface area contributed by atoms with Crippen LogP contribution in [0.2, 0.25) is 0 Å². The second-order valence-corrected chi connectivity index (χ2v) is 4.46. The van der Waals surface area contributed by atoms with Crippen LogP contribution in [-0.4, -0.2) is 10.2 Å². The molecule has 2 rings (SSSR count). The zero-order valence-electron chi connectivity index (χ0n) is 8.82. The lowest BCUT2D eigenvalue weighted by Gasteiger charge is -2.04. The summed E-state index contributed by atoms with van der Waals surface area (Å²) >= 11 is 1.43. The van der Waals surface area contributed by atoms with Gasteiger partial charge < -0.3 is 5.73 Å². The van der Waals surface area contributed by atoms with Gasteiger partial charge in [-0.2, -0.15) is 0 Å². The molecule has 0 amide bonds. The average molecular weight is 219 g/mol. The van der Waals surface area contributed by atoms with Gasteiger partial charge in [0.05, 0.1) is 0 Å². The SMILES string of the molecule is CCc1ccc(C)c(-c2nnc(N)s2)c1. The van der Waals surface area contributed by atoms with Crippen LogP contribution >= 0.6 is 11.3 Å². The lowest BCUT2D eigenvalue weighted by atomic mass is 10.0. The van der Waals surface area contributed by atoms with Crippen LogP contribution in [0.3, 0.4) is 0 Å². The van der Waals surface area contributed by atoms with Crippen molar-refractivity contribution in [2.75, 3.05) is 5.73 Å². The Morgan fingerprint density at radius 3 is 2.73 bits per heavy atom. The molecule has 0 saturated heterocycles. The maximum absolute atomic E-state index is 5.58. The Hall–Kier alpha value is -1.42. The van der Waals surface area contributed by atoms with Crippen molar-refractivity contribution in [2.24, 2.45) is 0 Å². The van der Waals surface area contributed by atoms with Crippen LogP contribution in [0.4, 0.5) is 5.13 Å². The Bertz CT molecular complexity index is 476. The van der Waals surface area contributed by atoms with Crippen LogP contribution in [0.15, 0.2) is 18.2 Å². The Morgan fingerprint density at radius 2 is 2.13 bits per heavy atom. The number of benzene rings is 1. The largest absolute Gasteiger partial charge is 0.374 e. The van der Waals surface area contributed by atoms with Gasteiger partial charge in [-0.05, 0) is 30.5 Å². The number of hydrogen-bond acceptors (Lipinski definition) is 4. The van der Waals surface area contributed by atoms with Crippen molar-refractivity contribution in [3.05, 3.63) is 29.3 Å².